The van der Waals surface area contributed by atoms with Crippen LogP contribution < -0.4 is 5.32 Å². The van der Waals surface area contributed by atoms with Crippen LogP contribution in [-0.2, 0) is 13.1 Å². The van der Waals surface area contributed by atoms with E-state index < -0.39 is 0 Å². The highest BCUT2D eigenvalue weighted by Gasteiger charge is 2.03. The highest BCUT2D eigenvalue weighted by molar-refractivity contribution is 6.30. The molecule has 2 aromatic rings. The van der Waals surface area contributed by atoms with Gasteiger partial charge in [0.15, 0.2) is 0 Å². The number of hydrogen-bond donors (Lipinski definition) is 1. The number of halogens is 2. The third-order valence-corrected chi connectivity index (χ3v) is 3.02. The lowest BCUT2D eigenvalue weighted by Gasteiger charge is -2.08. The van der Waals surface area contributed by atoms with Crippen LogP contribution >= 0.6 is 11.6 Å². The van der Waals surface area contributed by atoms with Crippen molar-refractivity contribution in [3.8, 4) is 0 Å². The van der Waals surface area contributed by atoms with Crippen LogP contribution in [0.2, 0.25) is 5.02 Å². The van der Waals surface area contributed by atoms with E-state index in [0.29, 0.717) is 23.7 Å². The summed E-state index contributed by atoms with van der Waals surface area (Å²) < 4.78 is 13.5. The Balaban J connectivity index is 1.95. The normalized spacial score (nSPS) is 10.6. The van der Waals surface area contributed by atoms with Crippen molar-refractivity contribution in [1.29, 1.82) is 0 Å². The second-order valence-corrected chi connectivity index (χ2v) is 4.58. The summed E-state index contributed by atoms with van der Waals surface area (Å²) in [6, 6.07) is 6.68. The quantitative estimate of drug-likeness (QED) is 0.915. The molecule has 0 fully saturated rings. The fourth-order valence-electron chi connectivity index (χ4n) is 1.70. The van der Waals surface area contributed by atoms with Gasteiger partial charge in [-0.2, -0.15) is 0 Å². The number of hydrogen-bond acceptors (Lipinski definition) is 2. The molecule has 0 spiro atoms. The van der Waals surface area contributed by atoms with E-state index in [9.17, 15) is 4.39 Å². The molecule has 0 aliphatic heterocycles. The van der Waals surface area contributed by atoms with Crippen molar-refractivity contribution in [2.45, 2.75) is 20.0 Å². The van der Waals surface area contributed by atoms with Gasteiger partial charge < -0.3 is 5.32 Å². The van der Waals surface area contributed by atoms with E-state index in [4.69, 9.17) is 11.6 Å². The molecular formula is C14H14ClFN2. The van der Waals surface area contributed by atoms with Gasteiger partial charge in [-0.3, -0.25) is 4.98 Å². The topological polar surface area (TPSA) is 24.9 Å². The summed E-state index contributed by atoms with van der Waals surface area (Å²) in [5.41, 5.74) is 2.91. The van der Waals surface area contributed by atoms with Gasteiger partial charge in [0.05, 0.1) is 0 Å². The molecule has 0 saturated heterocycles. The standard InChI is InChI=1S/C14H14ClFN2/c1-10-7-17-5-4-11(10)8-18-9-12-2-3-13(15)6-14(12)16/h2-7,18H,8-9H2,1H3. The predicted octanol–water partition coefficient (Wildman–Crippen LogP) is 3.47. The van der Waals surface area contributed by atoms with Crippen molar-refractivity contribution in [1.82, 2.24) is 10.3 Å². The van der Waals surface area contributed by atoms with Crippen molar-refractivity contribution in [2.75, 3.05) is 0 Å². The molecular weight excluding hydrogens is 251 g/mol. The average molecular weight is 265 g/mol. The second-order valence-electron chi connectivity index (χ2n) is 4.14. The van der Waals surface area contributed by atoms with Crippen LogP contribution in [0.1, 0.15) is 16.7 Å². The summed E-state index contributed by atoms with van der Waals surface area (Å²) >= 11 is 5.70. The summed E-state index contributed by atoms with van der Waals surface area (Å²) in [6.45, 7) is 3.17. The smallest absolute Gasteiger partial charge is 0.129 e. The van der Waals surface area contributed by atoms with Crippen molar-refractivity contribution < 1.29 is 4.39 Å². The van der Waals surface area contributed by atoms with Gasteiger partial charge in [-0.05, 0) is 36.2 Å². The molecule has 18 heavy (non-hydrogen) atoms. The summed E-state index contributed by atoms with van der Waals surface area (Å²) in [5.74, 6) is -0.276. The first-order valence-corrected chi connectivity index (χ1v) is 6.09. The molecule has 0 aliphatic rings. The van der Waals surface area contributed by atoms with Gasteiger partial charge in [-0.25, -0.2) is 4.39 Å². The average Bonchev–Trinajstić information content (AvgIpc) is 2.34. The maximum Gasteiger partial charge on any atom is 0.129 e. The van der Waals surface area contributed by atoms with Gasteiger partial charge in [0, 0.05) is 36.1 Å². The van der Waals surface area contributed by atoms with Crippen LogP contribution in [-0.4, -0.2) is 4.98 Å². The van der Waals surface area contributed by atoms with E-state index in [1.807, 2.05) is 19.2 Å². The number of aromatic nitrogens is 1. The molecule has 2 nitrogen and oxygen atoms in total. The zero-order valence-electron chi connectivity index (χ0n) is 10.1. The molecule has 0 unspecified atom stereocenters. The van der Waals surface area contributed by atoms with E-state index in [1.54, 1.807) is 18.3 Å². The van der Waals surface area contributed by atoms with E-state index >= 15 is 0 Å². The number of nitrogens with one attached hydrogen (secondary N) is 1. The second kappa shape index (κ2) is 5.94. The Bertz CT molecular complexity index is 543. The van der Waals surface area contributed by atoms with Gasteiger partial charge in [0.1, 0.15) is 5.82 Å². The first-order chi connectivity index (χ1) is 8.66. The lowest BCUT2D eigenvalue weighted by Crippen LogP contribution is -2.14. The molecule has 0 amide bonds. The van der Waals surface area contributed by atoms with E-state index in [1.165, 1.54) is 11.6 Å². The molecule has 0 saturated carbocycles. The first kappa shape index (κ1) is 13.0. The van der Waals surface area contributed by atoms with Crippen LogP contribution in [0.5, 0.6) is 0 Å². The lowest BCUT2D eigenvalue weighted by molar-refractivity contribution is 0.587. The molecule has 1 aromatic carbocycles. The SMILES string of the molecule is Cc1cnccc1CNCc1ccc(Cl)cc1F. The zero-order chi connectivity index (χ0) is 13.0. The van der Waals surface area contributed by atoms with Crippen molar-refractivity contribution in [3.63, 3.8) is 0 Å². The van der Waals surface area contributed by atoms with Gasteiger partial charge in [0.25, 0.3) is 0 Å². The Morgan fingerprint density at radius 2 is 2.00 bits per heavy atom. The Morgan fingerprint density at radius 1 is 1.22 bits per heavy atom. The molecule has 94 valence electrons. The number of benzene rings is 1. The van der Waals surface area contributed by atoms with Crippen LogP contribution in [0.15, 0.2) is 36.7 Å². The Labute approximate surface area is 111 Å². The number of pyridine rings is 1. The minimum atomic E-state index is -0.276. The van der Waals surface area contributed by atoms with Gasteiger partial charge in [0.2, 0.25) is 0 Å². The van der Waals surface area contributed by atoms with Crippen molar-refractivity contribution >= 4 is 11.6 Å². The summed E-state index contributed by atoms with van der Waals surface area (Å²) in [6.07, 6.45) is 3.58. The minimum absolute atomic E-state index is 0.276. The molecule has 1 aromatic heterocycles. The Hall–Kier alpha value is -1.45. The van der Waals surface area contributed by atoms with Crippen LogP contribution in [0.25, 0.3) is 0 Å². The fraction of sp³-hybridized carbons (Fsp3) is 0.214. The summed E-state index contributed by atoms with van der Waals surface area (Å²) in [5, 5.41) is 3.63. The van der Waals surface area contributed by atoms with Crippen molar-refractivity contribution in [3.05, 3.63) is 64.2 Å². The molecule has 0 bridgehead atoms. The van der Waals surface area contributed by atoms with E-state index in [2.05, 4.69) is 10.3 Å². The van der Waals surface area contributed by atoms with Crippen LogP contribution in [0.4, 0.5) is 4.39 Å². The molecule has 2 rings (SSSR count). The third kappa shape index (κ3) is 3.28. The largest absolute Gasteiger partial charge is 0.308 e. The maximum atomic E-state index is 13.5. The number of rotatable bonds is 4. The minimum Gasteiger partial charge on any atom is -0.308 e. The predicted molar refractivity (Wildman–Crippen MR) is 70.9 cm³/mol. The number of aryl methyl sites for hydroxylation is 1. The molecule has 4 heteroatoms. The van der Waals surface area contributed by atoms with Crippen LogP contribution in [0.3, 0.4) is 0 Å². The third-order valence-electron chi connectivity index (χ3n) is 2.78. The maximum absolute atomic E-state index is 13.5. The van der Waals surface area contributed by atoms with E-state index in [0.717, 1.165) is 5.56 Å². The molecule has 1 N–H and O–H groups in total. The Morgan fingerprint density at radius 3 is 2.72 bits per heavy atom. The van der Waals surface area contributed by atoms with Gasteiger partial charge in [-0.1, -0.05) is 17.7 Å². The summed E-state index contributed by atoms with van der Waals surface area (Å²) in [4.78, 5) is 4.03. The lowest BCUT2D eigenvalue weighted by atomic mass is 10.1. The molecule has 0 aliphatic carbocycles. The molecule has 0 atom stereocenters. The first-order valence-electron chi connectivity index (χ1n) is 5.71. The highest BCUT2D eigenvalue weighted by atomic mass is 35.5. The van der Waals surface area contributed by atoms with Gasteiger partial charge in [-0.15, -0.1) is 0 Å². The van der Waals surface area contributed by atoms with Crippen molar-refractivity contribution in [2.24, 2.45) is 0 Å². The summed E-state index contributed by atoms with van der Waals surface area (Å²) in [7, 11) is 0. The molecule has 0 radical (unpaired) electrons. The number of nitrogens with zero attached hydrogens (tertiary/aromatic N) is 1. The fourth-order valence-corrected chi connectivity index (χ4v) is 1.86. The monoisotopic (exact) mass is 264 g/mol. The Kier molecular flexibility index (Phi) is 4.28. The van der Waals surface area contributed by atoms with E-state index in [-0.39, 0.29) is 5.82 Å². The van der Waals surface area contributed by atoms with Crippen LogP contribution in [0, 0.1) is 12.7 Å². The van der Waals surface area contributed by atoms with Gasteiger partial charge >= 0.3 is 0 Å². The zero-order valence-corrected chi connectivity index (χ0v) is 10.8. The highest BCUT2D eigenvalue weighted by Crippen LogP contribution is 2.14. The molecule has 1 heterocycles.